The van der Waals surface area contributed by atoms with Crippen LogP contribution in [0.3, 0.4) is 0 Å². The van der Waals surface area contributed by atoms with Crippen LogP contribution < -0.4 is 5.46 Å². The lowest BCUT2D eigenvalue weighted by Gasteiger charge is -2.11. The largest absolute Gasteiger partial charge is 0.491 e. The minimum atomic E-state index is -1.75. The van der Waals surface area contributed by atoms with Crippen LogP contribution in [0.25, 0.3) is 0 Å². The first-order chi connectivity index (χ1) is 6.50. The molecule has 0 atom stereocenters. The molecule has 2 N–H and O–H groups in total. The summed E-state index contributed by atoms with van der Waals surface area (Å²) in [6, 6.07) is 4.33. The zero-order chi connectivity index (χ0) is 10.7. The fraction of sp³-hybridized carbons (Fsp3) is 0.333. The van der Waals surface area contributed by atoms with Crippen molar-refractivity contribution in [3.63, 3.8) is 0 Å². The summed E-state index contributed by atoms with van der Waals surface area (Å²) in [6.07, 6.45) is 0. The number of benzene rings is 1. The molecule has 0 saturated carbocycles. The molecule has 0 unspecified atom stereocenters. The van der Waals surface area contributed by atoms with Crippen molar-refractivity contribution in [1.29, 1.82) is 0 Å². The summed E-state index contributed by atoms with van der Waals surface area (Å²) < 4.78 is 13.0. The summed E-state index contributed by atoms with van der Waals surface area (Å²) >= 11 is 0. The van der Waals surface area contributed by atoms with Crippen LogP contribution in [-0.4, -0.2) is 36.2 Å². The predicted octanol–water partition coefficient (Wildman–Crippen LogP) is -0.0111. The van der Waals surface area contributed by atoms with Crippen LogP contribution in [0.15, 0.2) is 18.2 Å². The van der Waals surface area contributed by atoms with E-state index in [1.807, 2.05) is 19.0 Å². The molecule has 0 saturated heterocycles. The first-order valence-corrected chi connectivity index (χ1v) is 4.30. The molecule has 0 heterocycles. The van der Waals surface area contributed by atoms with Crippen molar-refractivity contribution in [1.82, 2.24) is 4.90 Å². The van der Waals surface area contributed by atoms with Crippen molar-refractivity contribution in [2.45, 2.75) is 6.54 Å². The maximum atomic E-state index is 13.0. The van der Waals surface area contributed by atoms with Crippen molar-refractivity contribution in [2.24, 2.45) is 0 Å². The minimum absolute atomic E-state index is 0. The molecule has 0 aliphatic carbocycles. The van der Waals surface area contributed by atoms with Gasteiger partial charge in [0.15, 0.2) is 0 Å². The van der Waals surface area contributed by atoms with Crippen molar-refractivity contribution < 1.29 is 14.4 Å². The van der Waals surface area contributed by atoms with Crippen LogP contribution in [0, 0.1) is 5.82 Å². The molecule has 3 nitrogen and oxygen atoms in total. The summed E-state index contributed by atoms with van der Waals surface area (Å²) in [5, 5.41) is 17.7. The predicted molar refractivity (Wildman–Crippen MR) is 60.9 cm³/mol. The van der Waals surface area contributed by atoms with E-state index in [2.05, 4.69) is 0 Å². The van der Waals surface area contributed by atoms with Gasteiger partial charge in [-0.1, -0.05) is 12.1 Å². The van der Waals surface area contributed by atoms with E-state index in [0.29, 0.717) is 6.54 Å². The van der Waals surface area contributed by atoms with E-state index in [-0.39, 0.29) is 17.9 Å². The zero-order valence-corrected chi connectivity index (χ0v) is 9.46. The summed E-state index contributed by atoms with van der Waals surface area (Å²) in [4.78, 5) is 1.92. The Bertz CT molecular complexity index is 323. The Labute approximate surface area is 95.1 Å². The number of hydrogen-bond acceptors (Lipinski definition) is 3. The Morgan fingerprint density at radius 1 is 1.33 bits per heavy atom. The maximum absolute atomic E-state index is 13.0. The number of hydrogen-bond donors (Lipinski definition) is 2. The Hall–Kier alpha value is -0.615. The molecule has 0 aliphatic rings. The van der Waals surface area contributed by atoms with Crippen molar-refractivity contribution in [3.8, 4) is 0 Å². The monoisotopic (exact) mass is 233 g/mol. The van der Waals surface area contributed by atoms with Gasteiger partial charge in [-0.3, -0.25) is 0 Å². The van der Waals surface area contributed by atoms with E-state index in [1.54, 1.807) is 6.07 Å². The Morgan fingerprint density at radius 3 is 2.40 bits per heavy atom. The minimum Gasteiger partial charge on any atom is -0.423 e. The smallest absolute Gasteiger partial charge is 0.423 e. The van der Waals surface area contributed by atoms with Gasteiger partial charge in [-0.25, -0.2) is 4.39 Å². The zero-order valence-electron chi connectivity index (χ0n) is 8.64. The standard InChI is InChI=1S/C9H13BFNO2.ClH/c1-12(2)6-7-3-4-9(11)8(5-7)10(13)14;/h3-5,13-14H,6H2,1-2H3;1H. The van der Waals surface area contributed by atoms with Crippen LogP contribution in [0.5, 0.6) is 0 Å². The molecule has 1 aromatic rings. The average molecular weight is 233 g/mol. The van der Waals surface area contributed by atoms with E-state index in [1.165, 1.54) is 12.1 Å². The summed E-state index contributed by atoms with van der Waals surface area (Å²) in [6.45, 7) is 0.639. The van der Waals surface area contributed by atoms with E-state index in [4.69, 9.17) is 10.0 Å². The quantitative estimate of drug-likeness (QED) is 0.722. The first kappa shape index (κ1) is 14.4. The van der Waals surface area contributed by atoms with E-state index < -0.39 is 12.9 Å². The van der Waals surface area contributed by atoms with Crippen LogP contribution in [-0.2, 0) is 6.54 Å². The third-order valence-corrected chi connectivity index (χ3v) is 1.84. The van der Waals surface area contributed by atoms with E-state index in [0.717, 1.165) is 5.56 Å². The van der Waals surface area contributed by atoms with Gasteiger partial charge in [0.25, 0.3) is 0 Å². The second-order valence-electron chi connectivity index (χ2n) is 3.47. The van der Waals surface area contributed by atoms with Crippen LogP contribution >= 0.6 is 12.4 Å². The SMILES string of the molecule is CN(C)Cc1ccc(F)c(B(O)O)c1.Cl. The highest BCUT2D eigenvalue weighted by Crippen LogP contribution is 2.03. The average Bonchev–Trinajstić information content (AvgIpc) is 2.07. The van der Waals surface area contributed by atoms with Gasteiger partial charge in [0.05, 0.1) is 0 Å². The molecule has 0 radical (unpaired) electrons. The summed E-state index contributed by atoms with van der Waals surface area (Å²) in [5.41, 5.74) is 0.767. The Morgan fingerprint density at radius 2 is 1.93 bits per heavy atom. The first-order valence-electron chi connectivity index (χ1n) is 4.30. The molecular formula is C9H14BClFNO2. The fourth-order valence-electron chi connectivity index (χ4n) is 1.25. The lowest BCUT2D eigenvalue weighted by atomic mass is 9.79. The molecule has 0 aromatic heterocycles. The molecular weight excluding hydrogens is 219 g/mol. The van der Waals surface area contributed by atoms with Gasteiger partial charge in [0.2, 0.25) is 0 Å². The highest BCUT2D eigenvalue weighted by atomic mass is 35.5. The van der Waals surface area contributed by atoms with E-state index >= 15 is 0 Å². The number of halogens is 2. The number of rotatable bonds is 3. The maximum Gasteiger partial charge on any atom is 0.491 e. The summed E-state index contributed by atoms with van der Waals surface area (Å²) in [5.74, 6) is -0.595. The third-order valence-electron chi connectivity index (χ3n) is 1.84. The summed E-state index contributed by atoms with van der Waals surface area (Å²) in [7, 11) is 2.02. The molecule has 6 heteroatoms. The molecule has 0 bridgehead atoms. The van der Waals surface area contributed by atoms with Crippen LogP contribution in [0.2, 0.25) is 0 Å². The molecule has 0 aliphatic heterocycles. The van der Waals surface area contributed by atoms with Crippen molar-refractivity contribution in [2.75, 3.05) is 14.1 Å². The van der Waals surface area contributed by atoms with Gasteiger partial charge >= 0.3 is 7.12 Å². The van der Waals surface area contributed by atoms with Crippen LogP contribution in [0.1, 0.15) is 5.56 Å². The van der Waals surface area contributed by atoms with Crippen molar-refractivity contribution >= 4 is 25.0 Å². The Balaban J connectivity index is 0.00000196. The number of nitrogens with zero attached hydrogens (tertiary/aromatic N) is 1. The second-order valence-corrected chi connectivity index (χ2v) is 3.47. The molecule has 15 heavy (non-hydrogen) atoms. The van der Waals surface area contributed by atoms with Gasteiger partial charge in [0, 0.05) is 12.0 Å². The van der Waals surface area contributed by atoms with Gasteiger partial charge in [-0.05, 0) is 25.7 Å². The molecule has 0 fully saturated rings. The van der Waals surface area contributed by atoms with Gasteiger partial charge in [-0.15, -0.1) is 12.4 Å². The molecule has 1 aromatic carbocycles. The second kappa shape index (κ2) is 6.07. The molecule has 84 valence electrons. The highest BCUT2D eigenvalue weighted by molar-refractivity contribution is 6.58. The van der Waals surface area contributed by atoms with Gasteiger partial charge in [-0.2, -0.15) is 0 Å². The lowest BCUT2D eigenvalue weighted by molar-refractivity contribution is 0.401. The van der Waals surface area contributed by atoms with Crippen molar-refractivity contribution in [3.05, 3.63) is 29.6 Å². The fourth-order valence-corrected chi connectivity index (χ4v) is 1.25. The third kappa shape index (κ3) is 4.18. The van der Waals surface area contributed by atoms with Gasteiger partial charge in [0.1, 0.15) is 5.82 Å². The van der Waals surface area contributed by atoms with Gasteiger partial charge < -0.3 is 14.9 Å². The lowest BCUT2D eigenvalue weighted by Crippen LogP contribution is -2.33. The topological polar surface area (TPSA) is 43.7 Å². The highest BCUT2D eigenvalue weighted by Gasteiger charge is 2.16. The molecule has 0 amide bonds. The van der Waals surface area contributed by atoms with E-state index in [9.17, 15) is 4.39 Å². The Kier molecular flexibility index (Phi) is 5.83. The van der Waals surface area contributed by atoms with Crippen LogP contribution in [0.4, 0.5) is 4.39 Å². The molecule has 0 spiro atoms. The molecule has 1 rings (SSSR count). The normalized spacial score (nSPS) is 10.0.